The molecule has 6 heteroatoms. The number of aliphatic hydroxyl groups excluding tert-OH is 2. The van der Waals surface area contributed by atoms with Crippen molar-refractivity contribution in [2.75, 3.05) is 13.2 Å². The molecule has 0 saturated carbocycles. The second-order valence-corrected chi connectivity index (χ2v) is 4.72. The van der Waals surface area contributed by atoms with Crippen LogP contribution in [-0.4, -0.2) is 52.3 Å². The van der Waals surface area contributed by atoms with E-state index in [-0.39, 0.29) is 19.6 Å². The van der Waals surface area contributed by atoms with Crippen LogP contribution in [0.25, 0.3) is 0 Å². The van der Waals surface area contributed by atoms with Crippen LogP contribution in [0.1, 0.15) is 12.0 Å². The first-order chi connectivity index (χ1) is 9.61. The van der Waals surface area contributed by atoms with Crippen molar-refractivity contribution in [1.82, 2.24) is 4.90 Å². The maximum absolute atomic E-state index is 12.0. The lowest BCUT2D eigenvalue weighted by atomic mass is 10.1. The van der Waals surface area contributed by atoms with Crippen LogP contribution in [0, 0.1) is 0 Å². The topological polar surface area (TPSA) is 87.1 Å². The second-order valence-electron chi connectivity index (χ2n) is 4.72. The second kappa shape index (κ2) is 6.49. The van der Waals surface area contributed by atoms with E-state index in [0.29, 0.717) is 0 Å². The number of β-amino-alcohol motifs (C(OH)–C–C–N with tert-alkyl or cyclic N) is 1. The third-order valence-corrected chi connectivity index (χ3v) is 3.25. The van der Waals surface area contributed by atoms with Gasteiger partial charge in [-0.25, -0.2) is 4.79 Å². The van der Waals surface area contributed by atoms with Crippen molar-refractivity contribution in [3.63, 3.8) is 0 Å². The molecule has 1 aliphatic rings. The van der Waals surface area contributed by atoms with Gasteiger partial charge in [-0.05, 0) is 5.56 Å². The maximum atomic E-state index is 12.0. The Morgan fingerprint density at radius 2 is 2.00 bits per heavy atom. The average molecular weight is 279 g/mol. The van der Waals surface area contributed by atoms with Crippen molar-refractivity contribution in [3.05, 3.63) is 35.9 Å². The Morgan fingerprint density at radius 3 is 2.65 bits per heavy atom. The molecule has 1 aromatic rings. The van der Waals surface area contributed by atoms with Gasteiger partial charge in [0.05, 0.1) is 18.7 Å². The van der Waals surface area contributed by atoms with Crippen LogP contribution >= 0.6 is 0 Å². The van der Waals surface area contributed by atoms with Crippen LogP contribution in [0.15, 0.2) is 30.3 Å². The zero-order valence-corrected chi connectivity index (χ0v) is 10.9. The number of carbonyl (C=O) groups excluding carboxylic acids is 2. The number of nitrogens with zero attached hydrogens (tertiary/aromatic N) is 1. The number of benzene rings is 1. The summed E-state index contributed by atoms with van der Waals surface area (Å²) in [7, 11) is 0. The van der Waals surface area contributed by atoms with E-state index in [9.17, 15) is 14.7 Å². The smallest absolute Gasteiger partial charge is 0.410 e. The molecule has 1 aliphatic heterocycles. The third kappa shape index (κ3) is 3.34. The molecule has 20 heavy (non-hydrogen) atoms. The first kappa shape index (κ1) is 14.5. The van der Waals surface area contributed by atoms with E-state index in [4.69, 9.17) is 9.84 Å². The standard InChI is InChI=1S/C14H17NO5/c16-8-13(18)12-6-11(17)7-15(12)14(19)20-9-10-4-2-1-3-5-10/h1-5,11-12,16-17H,6-9H2/t11-,12+/m1/s1. The molecule has 0 radical (unpaired) electrons. The maximum Gasteiger partial charge on any atom is 0.410 e. The Labute approximate surface area is 116 Å². The summed E-state index contributed by atoms with van der Waals surface area (Å²) in [5.41, 5.74) is 0.839. The highest BCUT2D eigenvalue weighted by molar-refractivity contribution is 5.88. The summed E-state index contributed by atoms with van der Waals surface area (Å²) in [5, 5.41) is 18.4. The molecule has 1 aromatic carbocycles. The fraction of sp³-hybridized carbons (Fsp3) is 0.429. The van der Waals surface area contributed by atoms with Crippen molar-refractivity contribution in [2.45, 2.75) is 25.2 Å². The number of likely N-dealkylation sites (tertiary alicyclic amines) is 1. The first-order valence-electron chi connectivity index (χ1n) is 6.40. The minimum atomic E-state index is -0.807. The van der Waals surface area contributed by atoms with Crippen LogP contribution in [0.4, 0.5) is 4.79 Å². The Balaban J connectivity index is 1.95. The van der Waals surface area contributed by atoms with Gasteiger partial charge in [-0.3, -0.25) is 9.69 Å². The lowest BCUT2D eigenvalue weighted by Crippen LogP contribution is -2.42. The van der Waals surface area contributed by atoms with Gasteiger partial charge in [0, 0.05) is 6.42 Å². The normalized spacial score (nSPS) is 21.8. The Hall–Kier alpha value is -1.92. The van der Waals surface area contributed by atoms with Gasteiger partial charge in [-0.1, -0.05) is 30.3 Å². The number of Topliss-reactive ketones (excluding diaryl/α,β-unsaturated/α-hetero) is 1. The summed E-state index contributed by atoms with van der Waals surface area (Å²) in [6.45, 7) is -0.504. The van der Waals surface area contributed by atoms with Gasteiger partial charge in [-0.2, -0.15) is 0 Å². The summed E-state index contributed by atoms with van der Waals surface area (Å²) in [6.07, 6.45) is -1.28. The van der Waals surface area contributed by atoms with Gasteiger partial charge < -0.3 is 14.9 Å². The summed E-state index contributed by atoms with van der Waals surface area (Å²) in [4.78, 5) is 24.7. The van der Waals surface area contributed by atoms with Gasteiger partial charge in [0.15, 0.2) is 5.78 Å². The van der Waals surface area contributed by atoms with Crippen LogP contribution in [-0.2, 0) is 16.1 Å². The summed E-state index contributed by atoms with van der Waals surface area (Å²) >= 11 is 0. The average Bonchev–Trinajstić information content (AvgIpc) is 2.87. The van der Waals surface area contributed by atoms with Crippen LogP contribution in [0.2, 0.25) is 0 Å². The van der Waals surface area contributed by atoms with Crippen LogP contribution in [0.3, 0.4) is 0 Å². The molecule has 2 N–H and O–H groups in total. The summed E-state index contributed by atoms with van der Waals surface area (Å²) < 4.78 is 5.13. The zero-order valence-electron chi connectivity index (χ0n) is 10.9. The first-order valence-corrected chi connectivity index (χ1v) is 6.40. The van der Waals surface area contributed by atoms with Crippen LogP contribution in [0.5, 0.6) is 0 Å². The van der Waals surface area contributed by atoms with Crippen molar-refractivity contribution in [2.24, 2.45) is 0 Å². The minimum absolute atomic E-state index is 0.0457. The molecule has 1 amide bonds. The Bertz CT molecular complexity index is 476. The molecule has 0 bridgehead atoms. The SMILES string of the molecule is O=C(CO)[C@@H]1C[C@@H](O)CN1C(=O)OCc1ccccc1. The van der Waals surface area contributed by atoms with E-state index in [0.717, 1.165) is 5.56 Å². The molecule has 0 spiro atoms. The number of rotatable bonds is 4. The lowest BCUT2D eigenvalue weighted by molar-refractivity contribution is -0.125. The molecule has 0 aromatic heterocycles. The van der Waals surface area contributed by atoms with Crippen molar-refractivity contribution in [3.8, 4) is 0 Å². The van der Waals surface area contributed by atoms with E-state index in [1.165, 1.54) is 4.90 Å². The highest BCUT2D eigenvalue weighted by atomic mass is 16.6. The van der Waals surface area contributed by atoms with Crippen molar-refractivity contribution in [1.29, 1.82) is 0 Å². The number of hydrogen-bond acceptors (Lipinski definition) is 5. The Kier molecular flexibility index (Phi) is 4.70. The third-order valence-electron chi connectivity index (χ3n) is 3.25. The number of ketones is 1. The molecule has 6 nitrogen and oxygen atoms in total. The van der Waals surface area contributed by atoms with Gasteiger partial charge in [0.1, 0.15) is 13.2 Å². The minimum Gasteiger partial charge on any atom is -0.445 e. The molecule has 1 fully saturated rings. The molecule has 1 heterocycles. The van der Waals surface area contributed by atoms with Crippen LogP contribution < -0.4 is 0 Å². The predicted molar refractivity (Wildman–Crippen MR) is 69.8 cm³/mol. The number of aliphatic hydroxyl groups is 2. The molecule has 108 valence electrons. The number of ether oxygens (including phenoxy) is 1. The van der Waals surface area contributed by atoms with Gasteiger partial charge in [0.2, 0.25) is 0 Å². The quantitative estimate of drug-likeness (QED) is 0.829. The van der Waals surface area contributed by atoms with Gasteiger partial charge >= 0.3 is 6.09 Å². The fourth-order valence-electron chi connectivity index (χ4n) is 2.23. The molecule has 0 aliphatic carbocycles. The number of carbonyl (C=O) groups is 2. The highest BCUT2D eigenvalue weighted by Gasteiger charge is 2.39. The molecular weight excluding hydrogens is 262 g/mol. The van der Waals surface area contributed by atoms with Crippen molar-refractivity contribution >= 4 is 11.9 Å². The van der Waals surface area contributed by atoms with Gasteiger partial charge in [0.25, 0.3) is 0 Å². The largest absolute Gasteiger partial charge is 0.445 e. The van der Waals surface area contributed by atoms with Gasteiger partial charge in [-0.15, -0.1) is 0 Å². The molecule has 0 unspecified atom stereocenters. The van der Waals surface area contributed by atoms with E-state index in [1.807, 2.05) is 30.3 Å². The lowest BCUT2D eigenvalue weighted by Gasteiger charge is -2.22. The Morgan fingerprint density at radius 1 is 1.30 bits per heavy atom. The number of hydrogen-bond donors (Lipinski definition) is 2. The predicted octanol–water partition coefficient (Wildman–Crippen LogP) is 0.320. The molecule has 2 atom stereocenters. The molecule has 2 rings (SSSR count). The van der Waals surface area contributed by atoms with E-state index in [2.05, 4.69) is 0 Å². The molecule has 1 saturated heterocycles. The zero-order chi connectivity index (χ0) is 14.5. The molecular formula is C14H17NO5. The van der Waals surface area contributed by atoms with E-state index < -0.39 is 30.6 Å². The van der Waals surface area contributed by atoms with Crippen molar-refractivity contribution < 1.29 is 24.5 Å². The highest BCUT2D eigenvalue weighted by Crippen LogP contribution is 2.20. The van der Waals surface area contributed by atoms with E-state index in [1.54, 1.807) is 0 Å². The fourth-order valence-corrected chi connectivity index (χ4v) is 2.23. The summed E-state index contributed by atoms with van der Waals surface area (Å²) in [6, 6.07) is 8.36. The number of amides is 1. The monoisotopic (exact) mass is 279 g/mol. The van der Waals surface area contributed by atoms with E-state index >= 15 is 0 Å². The summed E-state index contributed by atoms with van der Waals surface area (Å²) in [5.74, 6) is -0.488.